The van der Waals surface area contributed by atoms with E-state index in [1.807, 2.05) is 20.8 Å². The topological polar surface area (TPSA) is 52.1 Å². The lowest BCUT2D eigenvalue weighted by Crippen LogP contribution is -2.24. The van der Waals surface area contributed by atoms with Crippen LogP contribution in [0.5, 0.6) is 0 Å². The van der Waals surface area contributed by atoms with Crippen molar-refractivity contribution >= 4 is 21.9 Å². The molecule has 0 aromatic carbocycles. The third-order valence-corrected chi connectivity index (χ3v) is 2.04. The van der Waals surface area contributed by atoms with Crippen LogP contribution in [-0.2, 0) is 10.1 Å². The Morgan fingerprint density at radius 3 is 2.67 bits per heavy atom. The second kappa shape index (κ2) is 4.70. The van der Waals surface area contributed by atoms with Crippen molar-refractivity contribution in [2.75, 3.05) is 0 Å². The molecule has 0 aliphatic rings. The van der Waals surface area contributed by atoms with E-state index in [2.05, 4.69) is 25.9 Å². The lowest BCUT2D eigenvalue weighted by atomic mass is 10.2. The summed E-state index contributed by atoms with van der Waals surface area (Å²) < 4.78 is 5.18. The summed E-state index contributed by atoms with van der Waals surface area (Å²) in [4.78, 5) is 19.4. The van der Waals surface area contributed by atoms with E-state index in [0.717, 1.165) is 5.69 Å². The number of aromatic nitrogens is 2. The first-order valence-electron chi connectivity index (χ1n) is 4.52. The smallest absolute Gasteiger partial charge is 0.357 e. The fourth-order valence-electron chi connectivity index (χ4n) is 0.913. The van der Waals surface area contributed by atoms with Crippen LogP contribution in [0.25, 0.3) is 0 Å². The summed E-state index contributed by atoms with van der Waals surface area (Å²) in [6.07, 6.45) is 1.36. The van der Waals surface area contributed by atoms with Crippen LogP contribution in [0, 0.1) is 0 Å². The molecule has 0 aliphatic heterocycles. The highest BCUT2D eigenvalue weighted by Gasteiger charge is 2.19. The molecule has 0 bridgehead atoms. The average Bonchev–Trinajstić information content (AvgIpc) is 2.15. The molecule has 0 atom stereocenters. The summed E-state index contributed by atoms with van der Waals surface area (Å²) in [5.41, 5.74) is 0.539. The first-order chi connectivity index (χ1) is 6.92. The molecule has 1 aromatic heterocycles. The predicted octanol–water partition coefficient (Wildman–Crippen LogP) is 2.33. The lowest BCUT2D eigenvalue weighted by molar-refractivity contribution is 0.00625. The van der Waals surface area contributed by atoms with Gasteiger partial charge in [-0.05, 0) is 26.8 Å². The minimum Gasteiger partial charge on any atom is -0.455 e. The standard InChI is InChI=1S/C10H13BrN2O2/c1-10(2,3)15-9(14)8-4-7(5-11)12-6-13-8/h4,6H,5H2,1-3H3. The fourth-order valence-corrected chi connectivity index (χ4v) is 1.22. The van der Waals surface area contributed by atoms with Gasteiger partial charge in [-0.3, -0.25) is 0 Å². The second-order valence-corrected chi connectivity index (χ2v) is 4.59. The van der Waals surface area contributed by atoms with Crippen LogP contribution >= 0.6 is 15.9 Å². The van der Waals surface area contributed by atoms with Crippen molar-refractivity contribution in [3.63, 3.8) is 0 Å². The third-order valence-electron chi connectivity index (χ3n) is 1.47. The number of alkyl halides is 1. The maximum atomic E-state index is 11.6. The molecular formula is C10H13BrN2O2. The zero-order valence-corrected chi connectivity index (χ0v) is 10.5. The van der Waals surface area contributed by atoms with Crippen molar-refractivity contribution in [2.24, 2.45) is 0 Å². The molecular weight excluding hydrogens is 260 g/mol. The molecule has 82 valence electrons. The maximum Gasteiger partial charge on any atom is 0.357 e. The summed E-state index contributed by atoms with van der Waals surface area (Å²) >= 11 is 3.26. The zero-order valence-electron chi connectivity index (χ0n) is 8.95. The summed E-state index contributed by atoms with van der Waals surface area (Å²) in [7, 11) is 0. The highest BCUT2D eigenvalue weighted by Crippen LogP contribution is 2.11. The normalized spacial score (nSPS) is 11.2. The van der Waals surface area contributed by atoms with Gasteiger partial charge in [0.2, 0.25) is 0 Å². The molecule has 0 spiro atoms. The van der Waals surface area contributed by atoms with Gasteiger partial charge < -0.3 is 4.74 Å². The van der Waals surface area contributed by atoms with E-state index < -0.39 is 11.6 Å². The van der Waals surface area contributed by atoms with Gasteiger partial charge in [0.1, 0.15) is 11.9 Å². The zero-order chi connectivity index (χ0) is 11.5. The van der Waals surface area contributed by atoms with Crippen LogP contribution in [0.4, 0.5) is 0 Å². The number of carbonyl (C=O) groups is 1. The van der Waals surface area contributed by atoms with E-state index >= 15 is 0 Å². The number of hydrogen-bond donors (Lipinski definition) is 0. The fraction of sp³-hybridized carbons (Fsp3) is 0.500. The minimum absolute atomic E-state index is 0.286. The van der Waals surface area contributed by atoms with Crippen LogP contribution in [0.2, 0.25) is 0 Å². The lowest BCUT2D eigenvalue weighted by Gasteiger charge is -2.18. The van der Waals surface area contributed by atoms with E-state index in [9.17, 15) is 4.79 Å². The van der Waals surface area contributed by atoms with E-state index in [1.165, 1.54) is 6.33 Å². The van der Waals surface area contributed by atoms with Crippen LogP contribution in [-0.4, -0.2) is 21.5 Å². The van der Waals surface area contributed by atoms with Gasteiger partial charge in [0, 0.05) is 5.33 Å². The average molecular weight is 273 g/mol. The highest BCUT2D eigenvalue weighted by atomic mass is 79.9. The van der Waals surface area contributed by atoms with Crippen molar-refractivity contribution in [1.29, 1.82) is 0 Å². The Balaban J connectivity index is 2.82. The quantitative estimate of drug-likeness (QED) is 0.613. The van der Waals surface area contributed by atoms with Crippen molar-refractivity contribution < 1.29 is 9.53 Å². The number of nitrogens with zero attached hydrogens (tertiary/aromatic N) is 2. The second-order valence-electron chi connectivity index (χ2n) is 4.03. The molecule has 0 N–H and O–H groups in total. The van der Waals surface area contributed by atoms with E-state index in [-0.39, 0.29) is 5.69 Å². The number of hydrogen-bond acceptors (Lipinski definition) is 4. The maximum absolute atomic E-state index is 11.6. The van der Waals surface area contributed by atoms with Gasteiger partial charge in [-0.25, -0.2) is 14.8 Å². The summed E-state index contributed by atoms with van der Waals surface area (Å²) in [5, 5.41) is 0.589. The van der Waals surface area contributed by atoms with Crippen LogP contribution in [0.1, 0.15) is 37.0 Å². The van der Waals surface area contributed by atoms with Crippen LogP contribution < -0.4 is 0 Å². The summed E-state index contributed by atoms with van der Waals surface area (Å²) in [6.45, 7) is 5.45. The van der Waals surface area contributed by atoms with Gasteiger partial charge in [0.25, 0.3) is 0 Å². The number of halogens is 1. The molecule has 1 heterocycles. The summed E-state index contributed by atoms with van der Waals surface area (Å²) in [6, 6.07) is 1.61. The van der Waals surface area contributed by atoms with Gasteiger partial charge >= 0.3 is 5.97 Å². The largest absolute Gasteiger partial charge is 0.455 e. The molecule has 4 nitrogen and oxygen atoms in total. The molecule has 5 heteroatoms. The van der Waals surface area contributed by atoms with Gasteiger partial charge in [0.15, 0.2) is 5.69 Å². The molecule has 0 saturated carbocycles. The van der Waals surface area contributed by atoms with Crippen molar-refractivity contribution in [3.8, 4) is 0 Å². The molecule has 0 unspecified atom stereocenters. The molecule has 1 aromatic rings. The first-order valence-corrected chi connectivity index (χ1v) is 5.65. The monoisotopic (exact) mass is 272 g/mol. The van der Waals surface area contributed by atoms with Gasteiger partial charge in [0.05, 0.1) is 5.69 Å². The molecule has 15 heavy (non-hydrogen) atoms. The number of esters is 1. The molecule has 0 saturated heterocycles. The Hall–Kier alpha value is -0.970. The predicted molar refractivity (Wildman–Crippen MR) is 59.8 cm³/mol. The van der Waals surface area contributed by atoms with Crippen LogP contribution in [0.15, 0.2) is 12.4 Å². The molecule has 0 amide bonds. The Labute approximate surface area is 97.2 Å². The van der Waals surface area contributed by atoms with Crippen molar-refractivity contribution in [1.82, 2.24) is 9.97 Å². The molecule has 0 radical (unpaired) electrons. The van der Waals surface area contributed by atoms with Crippen molar-refractivity contribution in [2.45, 2.75) is 31.7 Å². The van der Waals surface area contributed by atoms with Gasteiger partial charge in [-0.1, -0.05) is 15.9 Å². The van der Waals surface area contributed by atoms with Crippen molar-refractivity contribution in [3.05, 3.63) is 23.8 Å². The van der Waals surface area contributed by atoms with E-state index in [1.54, 1.807) is 6.07 Å². The SMILES string of the molecule is CC(C)(C)OC(=O)c1cc(CBr)ncn1. The number of rotatable bonds is 2. The van der Waals surface area contributed by atoms with Crippen LogP contribution in [0.3, 0.4) is 0 Å². The number of carbonyl (C=O) groups excluding carboxylic acids is 1. The number of ether oxygens (including phenoxy) is 1. The van der Waals surface area contributed by atoms with E-state index in [4.69, 9.17) is 4.74 Å². The summed E-state index contributed by atoms with van der Waals surface area (Å²) in [5.74, 6) is -0.424. The highest BCUT2D eigenvalue weighted by molar-refractivity contribution is 9.08. The Bertz CT molecular complexity index is 361. The minimum atomic E-state index is -0.503. The molecule has 0 fully saturated rings. The van der Waals surface area contributed by atoms with E-state index in [0.29, 0.717) is 5.33 Å². The Morgan fingerprint density at radius 2 is 2.13 bits per heavy atom. The van der Waals surface area contributed by atoms with Gasteiger partial charge in [-0.2, -0.15) is 0 Å². The Kier molecular flexibility index (Phi) is 3.79. The third kappa shape index (κ3) is 3.95. The molecule has 0 aliphatic carbocycles. The van der Waals surface area contributed by atoms with Gasteiger partial charge in [-0.15, -0.1) is 0 Å². The Morgan fingerprint density at radius 1 is 1.47 bits per heavy atom. The first kappa shape index (κ1) is 12.1. The molecule has 1 rings (SSSR count).